The summed E-state index contributed by atoms with van der Waals surface area (Å²) in [4.78, 5) is 25.9. The van der Waals surface area contributed by atoms with Crippen LogP contribution in [-0.2, 0) is 0 Å². The average molecular weight is 457 g/mol. The van der Waals surface area contributed by atoms with E-state index >= 15 is 0 Å². The number of hydrogen-bond acceptors (Lipinski definition) is 4. The maximum Gasteiger partial charge on any atom is 0.180 e. The van der Waals surface area contributed by atoms with Crippen molar-refractivity contribution in [2.45, 2.75) is 12.0 Å². The second kappa shape index (κ2) is 7.58. The zero-order valence-electron chi connectivity index (χ0n) is 15.9. The Morgan fingerprint density at radius 2 is 1.30 bits per heavy atom. The van der Waals surface area contributed by atoms with E-state index in [1.807, 2.05) is 60.7 Å². The van der Waals surface area contributed by atoms with Crippen LogP contribution in [0.4, 0.5) is 0 Å². The van der Waals surface area contributed by atoms with Crippen molar-refractivity contribution in [1.82, 2.24) is 0 Å². The molecule has 0 bridgehead atoms. The highest BCUT2D eigenvalue weighted by Crippen LogP contribution is 2.43. The van der Waals surface area contributed by atoms with E-state index in [0.717, 1.165) is 15.6 Å². The number of carbonyl (C=O) groups is 2. The highest BCUT2D eigenvalue weighted by atomic mass is 79.9. The van der Waals surface area contributed by atoms with Gasteiger partial charge in [0.25, 0.3) is 0 Å². The van der Waals surface area contributed by atoms with Crippen molar-refractivity contribution in [3.8, 4) is 0 Å². The van der Waals surface area contributed by atoms with Crippen molar-refractivity contribution in [3.05, 3.63) is 117 Å². The van der Waals surface area contributed by atoms with E-state index in [1.54, 1.807) is 24.3 Å². The van der Waals surface area contributed by atoms with Crippen molar-refractivity contribution in [1.29, 1.82) is 0 Å². The van der Waals surface area contributed by atoms with E-state index < -0.39 is 5.92 Å². The molecule has 4 nitrogen and oxygen atoms in total. The number of ketones is 2. The highest BCUT2D eigenvalue weighted by Gasteiger charge is 2.42. The van der Waals surface area contributed by atoms with E-state index in [2.05, 4.69) is 26.2 Å². The Kier molecular flexibility index (Phi) is 4.75. The van der Waals surface area contributed by atoms with Crippen molar-refractivity contribution in [2.75, 3.05) is 0 Å². The molecule has 0 amide bonds. The van der Waals surface area contributed by atoms with Gasteiger partial charge in [-0.15, -0.1) is 0 Å². The monoisotopic (exact) mass is 456 g/mol. The number of benzene rings is 3. The second-order valence-corrected chi connectivity index (χ2v) is 8.36. The minimum Gasteiger partial charge on any atom is -0.293 e. The van der Waals surface area contributed by atoms with Crippen molar-refractivity contribution in [2.24, 2.45) is 16.1 Å². The first-order valence-corrected chi connectivity index (χ1v) is 10.5. The summed E-state index contributed by atoms with van der Waals surface area (Å²) in [5, 5.41) is 8.97. The minimum atomic E-state index is -0.914. The Bertz CT molecular complexity index is 1160. The van der Waals surface area contributed by atoms with Gasteiger partial charge in [0, 0.05) is 21.5 Å². The molecule has 2 atom stereocenters. The maximum atomic E-state index is 13.0. The standard InChI is InChI=1S/C25H17BrN2O2/c26-17-12-10-16(11-13-17)23-20(15-6-2-1-3-7-15)14-21(27-28-23)22-24(29)18-8-4-5-9-19(18)25(22)30/h1-14,20,22-23H. The number of Topliss-reactive ketones (excluding diaryl/α,β-unsaturated/α-hetero) is 2. The zero-order chi connectivity index (χ0) is 20.7. The molecule has 3 aromatic carbocycles. The lowest BCUT2D eigenvalue weighted by molar-refractivity contribution is 0.0861. The third-order valence-electron chi connectivity index (χ3n) is 5.66. The molecule has 0 N–H and O–H groups in total. The molecule has 2 unspecified atom stereocenters. The number of carbonyl (C=O) groups excluding carboxylic acids is 2. The van der Waals surface area contributed by atoms with Gasteiger partial charge in [0.15, 0.2) is 11.6 Å². The van der Waals surface area contributed by atoms with E-state index in [4.69, 9.17) is 0 Å². The first-order chi connectivity index (χ1) is 14.6. The molecule has 1 aliphatic carbocycles. The lowest BCUT2D eigenvalue weighted by Gasteiger charge is -2.26. The smallest absolute Gasteiger partial charge is 0.180 e. The van der Waals surface area contributed by atoms with Crippen molar-refractivity contribution < 1.29 is 9.59 Å². The molecule has 0 aromatic heterocycles. The Balaban J connectivity index is 1.57. The molecule has 30 heavy (non-hydrogen) atoms. The third kappa shape index (κ3) is 3.15. The fourth-order valence-electron chi connectivity index (χ4n) is 4.16. The van der Waals surface area contributed by atoms with Gasteiger partial charge >= 0.3 is 0 Å². The zero-order valence-corrected chi connectivity index (χ0v) is 17.5. The Hall–Kier alpha value is -3.18. The molecule has 2 aliphatic rings. The molecule has 0 fully saturated rings. The number of allylic oxidation sites excluding steroid dienone is 1. The minimum absolute atomic E-state index is 0.121. The average Bonchev–Trinajstić information content (AvgIpc) is 3.05. The van der Waals surface area contributed by atoms with Crippen LogP contribution >= 0.6 is 15.9 Å². The van der Waals surface area contributed by atoms with Crippen LogP contribution in [0.5, 0.6) is 0 Å². The van der Waals surface area contributed by atoms with Crippen LogP contribution in [0.1, 0.15) is 43.8 Å². The topological polar surface area (TPSA) is 58.9 Å². The first-order valence-electron chi connectivity index (χ1n) is 9.74. The second-order valence-electron chi connectivity index (χ2n) is 7.45. The number of rotatable bonds is 3. The number of azo groups is 1. The van der Waals surface area contributed by atoms with E-state index in [9.17, 15) is 9.59 Å². The summed E-state index contributed by atoms with van der Waals surface area (Å²) in [7, 11) is 0. The summed E-state index contributed by atoms with van der Waals surface area (Å²) in [6, 6.07) is 24.7. The normalized spacial score (nSPS) is 20.9. The number of fused-ring (bicyclic) bond motifs is 1. The molecule has 1 heterocycles. The van der Waals surface area contributed by atoms with Gasteiger partial charge < -0.3 is 0 Å². The van der Waals surface area contributed by atoms with Crippen LogP contribution < -0.4 is 0 Å². The maximum absolute atomic E-state index is 13.0. The molecule has 146 valence electrons. The molecule has 0 saturated carbocycles. The summed E-state index contributed by atoms with van der Waals surface area (Å²) in [6.07, 6.45) is 1.95. The summed E-state index contributed by atoms with van der Waals surface area (Å²) in [6.45, 7) is 0. The summed E-state index contributed by atoms with van der Waals surface area (Å²) >= 11 is 3.47. The fourth-order valence-corrected chi connectivity index (χ4v) is 4.43. The quantitative estimate of drug-likeness (QED) is 0.432. The molecule has 5 rings (SSSR count). The van der Waals surface area contributed by atoms with Gasteiger partial charge in [-0.2, -0.15) is 10.2 Å². The molecule has 0 spiro atoms. The van der Waals surface area contributed by atoms with Gasteiger partial charge in [0.2, 0.25) is 0 Å². The molecule has 5 heteroatoms. The Labute approximate surface area is 182 Å². The van der Waals surface area contributed by atoms with Gasteiger partial charge in [-0.05, 0) is 29.3 Å². The van der Waals surface area contributed by atoms with Gasteiger partial charge in [0.1, 0.15) is 12.0 Å². The van der Waals surface area contributed by atoms with E-state index in [0.29, 0.717) is 16.8 Å². The summed E-state index contributed by atoms with van der Waals surface area (Å²) < 4.78 is 0.992. The van der Waals surface area contributed by atoms with Crippen molar-refractivity contribution in [3.63, 3.8) is 0 Å². The third-order valence-corrected chi connectivity index (χ3v) is 6.19. The summed E-state index contributed by atoms with van der Waals surface area (Å²) in [5.41, 5.74) is 3.46. The lowest BCUT2D eigenvalue weighted by Crippen LogP contribution is -2.20. The Morgan fingerprint density at radius 1 is 0.700 bits per heavy atom. The number of nitrogens with zero attached hydrogens (tertiary/aromatic N) is 2. The molecular weight excluding hydrogens is 440 g/mol. The van der Waals surface area contributed by atoms with Crippen LogP contribution in [0, 0.1) is 5.92 Å². The van der Waals surface area contributed by atoms with Crippen LogP contribution in [0.2, 0.25) is 0 Å². The van der Waals surface area contributed by atoms with Gasteiger partial charge in [0.05, 0.1) is 5.70 Å². The largest absolute Gasteiger partial charge is 0.293 e. The predicted octanol–water partition coefficient (Wildman–Crippen LogP) is 6.32. The molecule has 0 radical (unpaired) electrons. The molecular formula is C25H17BrN2O2. The van der Waals surface area contributed by atoms with Gasteiger partial charge in [-0.25, -0.2) is 0 Å². The first kappa shape index (κ1) is 18.8. The Morgan fingerprint density at radius 3 is 1.93 bits per heavy atom. The van der Waals surface area contributed by atoms with E-state index in [-0.39, 0.29) is 23.5 Å². The SMILES string of the molecule is O=C1c2ccccc2C(=O)C1C1=CC(c2ccccc2)C(c2ccc(Br)cc2)N=N1. The fraction of sp³-hybridized carbons (Fsp3) is 0.120. The molecule has 0 saturated heterocycles. The van der Waals surface area contributed by atoms with Gasteiger partial charge in [-0.3, -0.25) is 9.59 Å². The lowest BCUT2D eigenvalue weighted by atomic mass is 9.84. The van der Waals surface area contributed by atoms with Gasteiger partial charge in [-0.1, -0.05) is 82.7 Å². The molecule has 1 aliphatic heterocycles. The van der Waals surface area contributed by atoms with Crippen molar-refractivity contribution >= 4 is 27.5 Å². The summed E-state index contributed by atoms with van der Waals surface area (Å²) in [5.74, 6) is -1.43. The van der Waals surface area contributed by atoms with Crippen LogP contribution in [0.3, 0.4) is 0 Å². The van der Waals surface area contributed by atoms with Crippen LogP contribution in [0.15, 0.2) is 105 Å². The van der Waals surface area contributed by atoms with E-state index in [1.165, 1.54) is 0 Å². The predicted molar refractivity (Wildman–Crippen MR) is 118 cm³/mol. The van der Waals surface area contributed by atoms with Crippen LogP contribution in [-0.4, -0.2) is 11.6 Å². The number of hydrogen-bond donors (Lipinski definition) is 0. The highest BCUT2D eigenvalue weighted by molar-refractivity contribution is 9.10. The van der Waals surface area contributed by atoms with Crippen LogP contribution in [0.25, 0.3) is 0 Å². The molecule has 3 aromatic rings. The number of halogens is 1.